The number of aromatic nitrogens is 7. The number of rotatable bonds is 5. The Bertz CT molecular complexity index is 5690. The van der Waals surface area contributed by atoms with Crippen LogP contribution in [0.15, 0.2) is 224 Å². The van der Waals surface area contributed by atoms with Crippen molar-refractivity contribution >= 4 is 119 Å². The summed E-state index contributed by atoms with van der Waals surface area (Å²) in [6, 6.07) is 32.5. The third-order valence-corrected chi connectivity index (χ3v) is 14.7. The van der Waals surface area contributed by atoms with Crippen molar-refractivity contribution in [3.8, 4) is 34.7 Å². The Labute approximate surface area is 430 Å². The van der Waals surface area contributed by atoms with E-state index in [-0.39, 0.29) is 73.4 Å². The molecule has 0 N–H and O–H groups in total. The number of thiophene rings is 1. The number of nitrogens with zero attached hydrogens (tertiary/aromatic N) is 7. The molecule has 0 saturated carbocycles. The molecule has 7 nitrogen and oxygen atoms in total. The maximum absolute atomic E-state index is 10.5. The first-order valence-electron chi connectivity index (χ1n) is 30.2. The van der Waals surface area contributed by atoms with Crippen LogP contribution in [-0.2, 0) is 0 Å². The van der Waals surface area contributed by atoms with Crippen LogP contribution in [0.25, 0.3) is 142 Å². The molecule has 0 aliphatic rings. The van der Waals surface area contributed by atoms with Crippen molar-refractivity contribution < 1.29 is 20.6 Å². The number of fused-ring (bicyclic) bond motifs is 16. The normalized spacial score (nSPS) is 15.2. The van der Waals surface area contributed by atoms with Crippen LogP contribution in [0.3, 0.4) is 0 Å². The molecule has 16 rings (SSSR count). The van der Waals surface area contributed by atoms with Gasteiger partial charge < -0.3 is 9.13 Å². The van der Waals surface area contributed by atoms with Gasteiger partial charge in [-0.05, 0) is 66.6 Å². The van der Waals surface area contributed by atoms with E-state index < -0.39 is 84.6 Å². The fraction of sp³-hybridized carbons (Fsp3) is 0. The third-order valence-electron chi connectivity index (χ3n) is 13.6. The van der Waals surface area contributed by atoms with E-state index in [2.05, 4.69) is 0 Å². The topological polar surface area (TPSA) is 58.4 Å². The second-order valence-electron chi connectivity index (χ2n) is 17.2. The molecule has 0 radical (unpaired) electrons. The van der Waals surface area contributed by atoms with Gasteiger partial charge in [0.25, 0.3) is 0 Å². The fourth-order valence-corrected chi connectivity index (χ4v) is 11.9. The molecular weight excluding hydrogens is 887 g/mol. The fourth-order valence-electron chi connectivity index (χ4n) is 10.8. The smallest absolute Gasteiger partial charge is 0.240 e. The number of benzene rings is 10. The Morgan fingerprint density at radius 2 is 0.761 bits per heavy atom. The molecule has 0 spiro atoms. The number of hydrogen-bond donors (Lipinski definition) is 0. The van der Waals surface area contributed by atoms with E-state index in [4.69, 9.17) is 23.2 Å². The maximum atomic E-state index is 10.5. The van der Waals surface area contributed by atoms with Crippen LogP contribution in [-0.4, -0.2) is 33.2 Å². The highest BCUT2D eigenvalue weighted by Gasteiger charge is 2.28. The highest BCUT2D eigenvalue weighted by Crippen LogP contribution is 2.46. The van der Waals surface area contributed by atoms with Gasteiger partial charge in [0.2, 0.25) is 11.9 Å². The van der Waals surface area contributed by atoms with Gasteiger partial charge in [-0.3, -0.25) is 9.13 Å². The summed E-state index contributed by atoms with van der Waals surface area (Å²) in [6.07, 6.45) is 0. The van der Waals surface area contributed by atoms with Gasteiger partial charge in [0, 0.05) is 63.3 Å². The molecule has 71 heavy (non-hydrogen) atoms. The second kappa shape index (κ2) is 14.6. The first-order chi connectivity index (χ1) is 41.5. The third kappa shape index (κ3) is 5.34. The zero-order valence-electron chi connectivity index (χ0n) is 51.7. The van der Waals surface area contributed by atoms with E-state index in [9.17, 15) is 12.3 Å². The molecule has 10 aromatic carbocycles. The lowest BCUT2D eigenvalue weighted by Crippen LogP contribution is -2.12. The van der Waals surface area contributed by atoms with Crippen LogP contribution in [0.1, 0.15) is 20.6 Å². The molecule has 0 fully saturated rings. The molecule has 16 aromatic rings. The van der Waals surface area contributed by atoms with E-state index in [0.29, 0.717) is 33.0 Å². The van der Waals surface area contributed by atoms with E-state index in [1.54, 1.807) is 40.2 Å². The van der Waals surface area contributed by atoms with Gasteiger partial charge in [0.05, 0.1) is 81.6 Å². The van der Waals surface area contributed by atoms with Crippen LogP contribution < -0.4 is 0 Å². The van der Waals surface area contributed by atoms with Gasteiger partial charge in [0.15, 0.2) is 5.82 Å². The second-order valence-corrected chi connectivity index (χ2v) is 18.3. The highest BCUT2D eigenvalue weighted by molar-refractivity contribution is 7.26. The SMILES string of the molecule is [2H]c1c([2H])c(-n2c3c([2H])c([2H])c([2H])c([2H])c3c3c([2H])c([2H])c([2H])c([2H])c32)c(-c2nc(-n3c4ccccc4c4ccccc43)nc(-n3c4ccccc4c4c([2H])c([2H])c([2H])c([2H])c43)n2)c(-n2c3ccccc3c3ccc4sc5ccccc5c4c32)c1[2H]. The van der Waals surface area contributed by atoms with E-state index >= 15 is 0 Å². The predicted molar refractivity (Wildman–Crippen MR) is 296 cm³/mol. The molecule has 8 heteroatoms. The summed E-state index contributed by atoms with van der Waals surface area (Å²) in [7, 11) is 0. The lowest BCUT2D eigenvalue weighted by molar-refractivity contribution is 0.891. The van der Waals surface area contributed by atoms with Gasteiger partial charge in [-0.15, -0.1) is 11.3 Å². The quantitative estimate of drug-likeness (QED) is 0.173. The summed E-state index contributed by atoms with van der Waals surface area (Å²) < 4.78 is 150. The monoisotopic (exact) mass is 938 g/mol. The van der Waals surface area contributed by atoms with Crippen LogP contribution in [0.4, 0.5) is 0 Å². The predicted octanol–water partition coefficient (Wildman–Crippen LogP) is 16.3. The average Bonchev–Trinajstić information content (AvgIpc) is 1.54. The standard InChI is InChI=1S/C63H37N7S/c1-9-26-47-38(18-1)39-19-2-10-27-48(39)67(47)54-33-17-34-55(68-49-28-11-7-24-44(49)45-36-37-57-58(60(45)68)46-25-8-16-35-56(46)71-57)59(54)61-64-62(69-50-29-12-3-20-40(50)41-21-4-13-30-51(41)69)66-63(65-61)70-52-31-14-5-22-42(52)43-23-6-15-32-53(43)70/h1-37H/i1D,2D,3D,9D,10D,12D,17D,18D,19D,20D,26D,27D,29D,33D,34D. The number of para-hydroxylation sites is 7. The highest BCUT2D eigenvalue weighted by atomic mass is 32.1. The van der Waals surface area contributed by atoms with E-state index in [1.807, 2.05) is 114 Å². The van der Waals surface area contributed by atoms with Crippen molar-refractivity contribution in [3.63, 3.8) is 0 Å². The molecule has 0 amide bonds. The molecular formula is C63H37N7S. The Morgan fingerprint density at radius 1 is 0.324 bits per heavy atom. The van der Waals surface area contributed by atoms with Crippen molar-refractivity contribution in [2.45, 2.75) is 0 Å². The van der Waals surface area contributed by atoms with Gasteiger partial charge in [0.1, 0.15) is 0 Å². The Morgan fingerprint density at radius 3 is 1.35 bits per heavy atom. The van der Waals surface area contributed by atoms with Gasteiger partial charge in [-0.1, -0.05) is 157 Å². The summed E-state index contributed by atoms with van der Waals surface area (Å²) in [4.78, 5) is 16.1. The largest absolute Gasteiger partial charge is 0.308 e. The molecule has 0 saturated heterocycles. The molecule has 0 unspecified atom stereocenters. The molecule has 0 aliphatic heterocycles. The zero-order valence-corrected chi connectivity index (χ0v) is 37.6. The molecule has 0 atom stereocenters. The van der Waals surface area contributed by atoms with Crippen molar-refractivity contribution in [2.24, 2.45) is 0 Å². The number of hydrogen-bond acceptors (Lipinski definition) is 4. The zero-order chi connectivity index (χ0) is 59.4. The minimum Gasteiger partial charge on any atom is -0.308 e. The minimum absolute atomic E-state index is 0.00959. The van der Waals surface area contributed by atoms with Crippen molar-refractivity contribution in [3.05, 3.63) is 224 Å². The Balaban J connectivity index is 1.21. The van der Waals surface area contributed by atoms with Crippen molar-refractivity contribution in [2.75, 3.05) is 0 Å². The van der Waals surface area contributed by atoms with Gasteiger partial charge in [-0.25, -0.2) is 0 Å². The van der Waals surface area contributed by atoms with Crippen LogP contribution in [0.2, 0.25) is 0 Å². The summed E-state index contributed by atoms with van der Waals surface area (Å²) in [5, 5.41) is 4.77. The molecule has 6 heterocycles. The Kier molecular flexibility index (Phi) is 5.54. The van der Waals surface area contributed by atoms with Crippen LogP contribution >= 0.6 is 11.3 Å². The molecule has 0 aliphatic carbocycles. The van der Waals surface area contributed by atoms with E-state index in [1.165, 1.54) is 9.13 Å². The molecule has 6 aromatic heterocycles. The first kappa shape index (κ1) is 27.0. The van der Waals surface area contributed by atoms with Gasteiger partial charge in [-0.2, -0.15) is 15.0 Å². The van der Waals surface area contributed by atoms with Gasteiger partial charge >= 0.3 is 0 Å². The summed E-state index contributed by atoms with van der Waals surface area (Å²) in [5.74, 6) is -0.568. The summed E-state index contributed by atoms with van der Waals surface area (Å²) >= 11 is 1.56. The lowest BCUT2D eigenvalue weighted by atomic mass is 10.1. The summed E-state index contributed by atoms with van der Waals surface area (Å²) in [6.45, 7) is 0. The minimum atomic E-state index is -0.723. The first-order valence-corrected chi connectivity index (χ1v) is 23.5. The molecule has 0 bridgehead atoms. The van der Waals surface area contributed by atoms with Crippen LogP contribution in [0, 0.1) is 0 Å². The summed E-state index contributed by atoms with van der Waals surface area (Å²) in [5.41, 5.74) is 1.34. The average molecular weight is 939 g/mol. The Hall–Kier alpha value is -9.37. The van der Waals surface area contributed by atoms with E-state index in [0.717, 1.165) is 41.7 Å². The van der Waals surface area contributed by atoms with Crippen LogP contribution in [0.5, 0.6) is 0 Å². The van der Waals surface area contributed by atoms with Crippen molar-refractivity contribution in [1.82, 2.24) is 33.2 Å². The van der Waals surface area contributed by atoms with Crippen molar-refractivity contribution in [1.29, 1.82) is 0 Å². The lowest BCUT2D eigenvalue weighted by Gasteiger charge is -2.20. The maximum Gasteiger partial charge on any atom is 0.240 e. The molecule has 330 valence electrons.